The number of hydrogen-bond acceptors (Lipinski definition) is 4. The minimum Gasteiger partial charge on any atom is -0.496 e. The van der Waals surface area contributed by atoms with Crippen LogP contribution >= 0.6 is 11.8 Å². The van der Waals surface area contributed by atoms with E-state index in [4.69, 9.17) is 4.74 Å². The van der Waals surface area contributed by atoms with Crippen LogP contribution in [0.5, 0.6) is 5.75 Å². The van der Waals surface area contributed by atoms with Crippen molar-refractivity contribution in [3.05, 3.63) is 29.3 Å². The van der Waals surface area contributed by atoms with E-state index in [1.165, 1.54) is 11.1 Å². The van der Waals surface area contributed by atoms with E-state index in [0.29, 0.717) is 6.54 Å². The van der Waals surface area contributed by atoms with Gasteiger partial charge in [0.15, 0.2) is 0 Å². The third kappa shape index (κ3) is 3.68. The number of rotatable bonds is 6. The minimum absolute atomic E-state index is 0.222. The minimum atomic E-state index is -0.546. The van der Waals surface area contributed by atoms with Crippen LogP contribution in [0.1, 0.15) is 36.9 Å². The molecular weight excluding hydrogens is 270 g/mol. The largest absolute Gasteiger partial charge is 0.496 e. The summed E-state index contributed by atoms with van der Waals surface area (Å²) in [5.41, 5.74) is 1.87. The molecule has 20 heavy (non-hydrogen) atoms. The Labute approximate surface area is 126 Å². The second-order valence-corrected chi connectivity index (χ2v) is 6.72. The molecule has 2 rings (SSSR count). The van der Waals surface area contributed by atoms with Gasteiger partial charge in [-0.15, -0.1) is 0 Å². The van der Waals surface area contributed by atoms with Crippen LogP contribution in [-0.4, -0.2) is 35.9 Å². The zero-order valence-electron chi connectivity index (χ0n) is 12.6. The summed E-state index contributed by atoms with van der Waals surface area (Å²) in [6.07, 6.45) is 1.86. The fourth-order valence-electron chi connectivity index (χ4n) is 2.65. The molecule has 1 fully saturated rings. The van der Waals surface area contributed by atoms with Crippen molar-refractivity contribution in [3.63, 3.8) is 0 Å². The molecule has 0 aliphatic carbocycles. The van der Waals surface area contributed by atoms with Crippen molar-refractivity contribution in [1.82, 2.24) is 5.32 Å². The second kappa shape index (κ2) is 6.83. The third-order valence-electron chi connectivity index (χ3n) is 3.93. The smallest absolute Gasteiger partial charge is 0.123 e. The van der Waals surface area contributed by atoms with E-state index >= 15 is 0 Å². The molecule has 1 heterocycles. The lowest BCUT2D eigenvalue weighted by molar-refractivity contribution is 0.0642. The van der Waals surface area contributed by atoms with Crippen LogP contribution < -0.4 is 10.1 Å². The van der Waals surface area contributed by atoms with Gasteiger partial charge in [-0.05, 0) is 31.6 Å². The van der Waals surface area contributed by atoms with E-state index in [0.717, 1.165) is 30.1 Å². The summed E-state index contributed by atoms with van der Waals surface area (Å²) in [5.74, 6) is 2.81. The Morgan fingerprint density at radius 3 is 2.90 bits per heavy atom. The maximum Gasteiger partial charge on any atom is 0.123 e. The monoisotopic (exact) mass is 295 g/mol. The number of hydrogen-bond donors (Lipinski definition) is 2. The summed E-state index contributed by atoms with van der Waals surface area (Å²) in [6, 6.07) is 6.48. The first-order chi connectivity index (χ1) is 9.58. The number of ether oxygens (including phenoxy) is 1. The average Bonchev–Trinajstić information content (AvgIpc) is 2.87. The van der Waals surface area contributed by atoms with Crippen molar-refractivity contribution in [2.75, 3.05) is 25.2 Å². The van der Waals surface area contributed by atoms with E-state index in [2.05, 4.69) is 31.3 Å². The average molecular weight is 295 g/mol. The second-order valence-electron chi connectivity index (χ2n) is 5.61. The van der Waals surface area contributed by atoms with Crippen molar-refractivity contribution in [1.29, 1.82) is 0 Å². The van der Waals surface area contributed by atoms with E-state index in [1.54, 1.807) is 7.11 Å². The molecule has 0 unspecified atom stereocenters. The van der Waals surface area contributed by atoms with Crippen molar-refractivity contribution >= 4 is 11.8 Å². The summed E-state index contributed by atoms with van der Waals surface area (Å²) in [5, 5.41) is 14.0. The standard InChI is InChI=1S/C16H25NO2S/c1-4-14(17-10-16(18)7-8-20-11-16)13-9-12(2)5-6-15(13)19-3/h5-6,9,14,17-18H,4,7-8,10-11H2,1-3H3/t14-,16+/m0/s1. The molecule has 2 N–H and O–H groups in total. The van der Waals surface area contributed by atoms with Crippen molar-refractivity contribution in [2.45, 2.75) is 38.3 Å². The Kier molecular flexibility index (Phi) is 5.35. The van der Waals surface area contributed by atoms with Gasteiger partial charge in [-0.25, -0.2) is 0 Å². The lowest BCUT2D eigenvalue weighted by Crippen LogP contribution is -2.41. The fraction of sp³-hybridized carbons (Fsp3) is 0.625. The Morgan fingerprint density at radius 1 is 1.50 bits per heavy atom. The number of aliphatic hydroxyl groups is 1. The maximum absolute atomic E-state index is 10.4. The van der Waals surface area contributed by atoms with Crippen LogP contribution in [0.2, 0.25) is 0 Å². The molecule has 1 aromatic carbocycles. The Balaban J connectivity index is 2.09. The first-order valence-corrected chi connectivity index (χ1v) is 8.41. The van der Waals surface area contributed by atoms with Gasteiger partial charge in [0, 0.05) is 23.9 Å². The van der Waals surface area contributed by atoms with Gasteiger partial charge in [-0.3, -0.25) is 0 Å². The molecule has 1 aliphatic heterocycles. The highest BCUT2D eigenvalue weighted by atomic mass is 32.2. The first-order valence-electron chi connectivity index (χ1n) is 7.26. The van der Waals surface area contributed by atoms with Gasteiger partial charge < -0.3 is 15.2 Å². The summed E-state index contributed by atoms with van der Waals surface area (Å²) in [4.78, 5) is 0. The SMILES string of the molecule is CC[C@H](NC[C@]1(O)CCSC1)c1cc(C)ccc1OC. The lowest BCUT2D eigenvalue weighted by Gasteiger charge is -2.27. The van der Waals surface area contributed by atoms with Crippen LogP contribution in [-0.2, 0) is 0 Å². The van der Waals surface area contributed by atoms with Crippen LogP contribution in [0.3, 0.4) is 0 Å². The molecule has 112 valence electrons. The predicted molar refractivity (Wildman–Crippen MR) is 85.7 cm³/mol. The Bertz CT molecular complexity index is 444. The van der Waals surface area contributed by atoms with Gasteiger partial charge in [0.25, 0.3) is 0 Å². The van der Waals surface area contributed by atoms with Gasteiger partial charge in [0.1, 0.15) is 5.75 Å². The van der Waals surface area contributed by atoms with Crippen molar-refractivity contribution < 1.29 is 9.84 Å². The van der Waals surface area contributed by atoms with Crippen LogP contribution in [0.15, 0.2) is 18.2 Å². The first kappa shape index (κ1) is 15.7. The quantitative estimate of drug-likeness (QED) is 0.847. The third-order valence-corrected chi connectivity index (χ3v) is 5.16. The summed E-state index contributed by atoms with van der Waals surface area (Å²) in [6.45, 7) is 4.90. The Hall–Kier alpha value is -0.710. The van der Waals surface area contributed by atoms with Gasteiger partial charge in [0.05, 0.1) is 12.7 Å². The van der Waals surface area contributed by atoms with E-state index in [1.807, 2.05) is 17.8 Å². The number of benzene rings is 1. The van der Waals surface area contributed by atoms with Crippen molar-refractivity contribution in [3.8, 4) is 5.75 Å². The predicted octanol–water partition coefficient (Wildman–Crippen LogP) is 2.91. The highest BCUT2D eigenvalue weighted by Crippen LogP contribution is 2.31. The summed E-state index contributed by atoms with van der Waals surface area (Å²) >= 11 is 1.83. The molecule has 0 amide bonds. The normalized spacial score (nSPS) is 23.8. The highest BCUT2D eigenvalue weighted by Gasteiger charge is 2.32. The number of thioether (sulfide) groups is 1. The molecule has 4 heteroatoms. The molecule has 0 aromatic heterocycles. The van der Waals surface area contributed by atoms with Crippen LogP contribution in [0.4, 0.5) is 0 Å². The zero-order chi connectivity index (χ0) is 14.6. The topological polar surface area (TPSA) is 41.5 Å². The fourth-order valence-corrected chi connectivity index (χ4v) is 3.94. The van der Waals surface area contributed by atoms with E-state index < -0.39 is 5.60 Å². The Morgan fingerprint density at radius 2 is 2.30 bits per heavy atom. The van der Waals surface area contributed by atoms with Gasteiger partial charge in [0.2, 0.25) is 0 Å². The lowest BCUT2D eigenvalue weighted by atomic mass is 9.98. The number of methoxy groups -OCH3 is 1. The maximum atomic E-state index is 10.4. The molecule has 0 bridgehead atoms. The molecule has 0 spiro atoms. The number of nitrogens with one attached hydrogen (secondary N) is 1. The summed E-state index contributed by atoms with van der Waals surface area (Å²) in [7, 11) is 1.71. The van der Waals surface area contributed by atoms with Crippen LogP contribution in [0.25, 0.3) is 0 Å². The molecule has 1 saturated heterocycles. The summed E-state index contributed by atoms with van der Waals surface area (Å²) < 4.78 is 5.47. The molecule has 3 nitrogen and oxygen atoms in total. The van der Waals surface area contributed by atoms with E-state index in [-0.39, 0.29) is 6.04 Å². The molecule has 2 atom stereocenters. The highest BCUT2D eigenvalue weighted by molar-refractivity contribution is 7.99. The van der Waals surface area contributed by atoms with Gasteiger partial charge in [-0.1, -0.05) is 24.6 Å². The van der Waals surface area contributed by atoms with Crippen molar-refractivity contribution in [2.24, 2.45) is 0 Å². The molecule has 1 aliphatic rings. The van der Waals surface area contributed by atoms with E-state index in [9.17, 15) is 5.11 Å². The molecule has 0 saturated carbocycles. The van der Waals surface area contributed by atoms with Crippen LogP contribution in [0, 0.1) is 6.92 Å². The number of aryl methyl sites for hydroxylation is 1. The molecule has 1 aromatic rings. The van der Waals surface area contributed by atoms with Gasteiger partial charge in [-0.2, -0.15) is 11.8 Å². The molecule has 0 radical (unpaired) electrons. The van der Waals surface area contributed by atoms with Gasteiger partial charge >= 0.3 is 0 Å². The molecular formula is C16H25NO2S. The zero-order valence-corrected chi connectivity index (χ0v) is 13.4.